The van der Waals surface area contributed by atoms with E-state index in [1.807, 2.05) is 31.4 Å². The molecule has 0 saturated heterocycles. The van der Waals surface area contributed by atoms with Crippen LogP contribution in [0.5, 0.6) is 5.75 Å². The molecule has 1 aliphatic rings. The molecule has 1 N–H and O–H groups in total. The summed E-state index contributed by atoms with van der Waals surface area (Å²) in [6, 6.07) is 6.35. The number of aromatic nitrogens is 3. The van der Waals surface area contributed by atoms with Crippen LogP contribution >= 0.6 is 11.6 Å². The van der Waals surface area contributed by atoms with Crippen LogP contribution in [0.15, 0.2) is 24.4 Å². The quantitative estimate of drug-likeness (QED) is 0.887. The monoisotopic (exact) mass is 292 g/mol. The number of nitrogens with one attached hydrogen (secondary N) is 1. The molecule has 1 aliphatic carbocycles. The minimum absolute atomic E-state index is 0.409. The molecule has 106 valence electrons. The fourth-order valence-electron chi connectivity index (χ4n) is 1.98. The highest BCUT2D eigenvalue weighted by atomic mass is 35.5. The van der Waals surface area contributed by atoms with Crippen molar-refractivity contribution in [3.63, 3.8) is 0 Å². The molecular weight excluding hydrogens is 276 g/mol. The molecule has 0 aliphatic heterocycles. The molecule has 6 heteroatoms. The molecule has 0 bridgehead atoms. The summed E-state index contributed by atoms with van der Waals surface area (Å²) in [7, 11) is 1.84. The predicted molar refractivity (Wildman–Crippen MR) is 76.6 cm³/mol. The van der Waals surface area contributed by atoms with Gasteiger partial charge in [0, 0.05) is 30.2 Å². The van der Waals surface area contributed by atoms with Gasteiger partial charge >= 0.3 is 0 Å². The van der Waals surface area contributed by atoms with Crippen molar-refractivity contribution in [2.75, 3.05) is 0 Å². The Bertz CT molecular complexity index is 595. The van der Waals surface area contributed by atoms with Crippen molar-refractivity contribution < 1.29 is 4.74 Å². The van der Waals surface area contributed by atoms with E-state index in [0.29, 0.717) is 12.6 Å². The average molecular weight is 293 g/mol. The Balaban J connectivity index is 1.66. The van der Waals surface area contributed by atoms with E-state index < -0.39 is 0 Å². The van der Waals surface area contributed by atoms with Gasteiger partial charge in [-0.2, -0.15) is 0 Å². The van der Waals surface area contributed by atoms with Crippen LogP contribution in [0.3, 0.4) is 0 Å². The summed E-state index contributed by atoms with van der Waals surface area (Å²) in [5.74, 6) is 0.841. The van der Waals surface area contributed by atoms with Crippen LogP contribution in [0.1, 0.15) is 24.1 Å². The molecule has 5 nitrogen and oxygen atoms in total. The fraction of sp³-hybridized carbons (Fsp3) is 0.429. The van der Waals surface area contributed by atoms with Crippen LogP contribution < -0.4 is 10.1 Å². The Hall–Kier alpha value is -1.59. The summed E-state index contributed by atoms with van der Waals surface area (Å²) < 4.78 is 7.49. The second kappa shape index (κ2) is 5.81. The zero-order valence-corrected chi connectivity index (χ0v) is 12.1. The molecule has 0 spiro atoms. The van der Waals surface area contributed by atoms with E-state index in [0.717, 1.165) is 28.6 Å². The van der Waals surface area contributed by atoms with Crippen LogP contribution in [0.25, 0.3) is 0 Å². The first-order valence-electron chi connectivity index (χ1n) is 6.70. The Morgan fingerprint density at radius 3 is 3.00 bits per heavy atom. The largest absolute Gasteiger partial charge is 0.487 e. The highest BCUT2D eigenvalue weighted by molar-refractivity contribution is 6.30. The van der Waals surface area contributed by atoms with Crippen LogP contribution in [0.4, 0.5) is 0 Å². The summed E-state index contributed by atoms with van der Waals surface area (Å²) in [6.07, 6.45) is 4.37. The first kappa shape index (κ1) is 13.4. The van der Waals surface area contributed by atoms with Crippen molar-refractivity contribution in [2.24, 2.45) is 7.05 Å². The van der Waals surface area contributed by atoms with Gasteiger partial charge in [0.15, 0.2) is 0 Å². The summed E-state index contributed by atoms with van der Waals surface area (Å²) in [5, 5.41) is 12.1. The highest BCUT2D eigenvalue weighted by Crippen LogP contribution is 2.25. The maximum atomic E-state index is 6.06. The third-order valence-corrected chi connectivity index (χ3v) is 3.44. The number of aryl methyl sites for hydroxylation is 1. The molecule has 1 aromatic carbocycles. The normalized spacial score (nSPS) is 14.5. The lowest BCUT2D eigenvalue weighted by molar-refractivity contribution is 0.297. The van der Waals surface area contributed by atoms with Crippen LogP contribution in [0.2, 0.25) is 5.02 Å². The molecule has 3 rings (SSSR count). The molecule has 0 radical (unpaired) electrons. The number of nitrogens with zero attached hydrogens (tertiary/aromatic N) is 3. The maximum Gasteiger partial charge on any atom is 0.134 e. The lowest BCUT2D eigenvalue weighted by Gasteiger charge is -2.11. The molecule has 0 atom stereocenters. The number of rotatable bonds is 6. The van der Waals surface area contributed by atoms with Crippen LogP contribution in [-0.2, 0) is 20.2 Å². The Morgan fingerprint density at radius 2 is 2.30 bits per heavy atom. The lowest BCUT2D eigenvalue weighted by Crippen LogP contribution is -2.16. The van der Waals surface area contributed by atoms with E-state index >= 15 is 0 Å². The summed E-state index contributed by atoms with van der Waals surface area (Å²) in [5.41, 5.74) is 1.89. The van der Waals surface area contributed by atoms with Gasteiger partial charge < -0.3 is 10.1 Å². The highest BCUT2D eigenvalue weighted by Gasteiger charge is 2.20. The number of hydrogen-bond donors (Lipinski definition) is 1. The number of hydrogen-bond acceptors (Lipinski definition) is 4. The van der Waals surface area contributed by atoms with Crippen molar-refractivity contribution in [3.8, 4) is 5.75 Å². The standard InChI is InChI=1S/C14H17ClN4O/c1-19-8-13(17-18-19)9-20-14-5-2-11(15)6-10(14)7-16-12-3-4-12/h2,5-6,8,12,16H,3-4,7,9H2,1H3. The zero-order valence-electron chi connectivity index (χ0n) is 11.3. The Morgan fingerprint density at radius 1 is 1.45 bits per heavy atom. The minimum Gasteiger partial charge on any atom is -0.487 e. The predicted octanol–water partition coefficient (Wildman–Crippen LogP) is 2.30. The second-order valence-electron chi connectivity index (χ2n) is 5.08. The maximum absolute atomic E-state index is 6.06. The number of benzene rings is 1. The third kappa shape index (κ3) is 3.49. The van der Waals surface area contributed by atoms with Gasteiger partial charge in [0.25, 0.3) is 0 Å². The van der Waals surface area contributed by atoms with Crippen molar-refractivity contribution in [2.45, 2.75) is 32.0 Å². The van der Waals surface area contributed by atoms with Gasteiger partial charge in [-0.1, -0.05) is 16.8 Å². The number of ether oxygens (including phenoxy) is 1. The molecule has 1 saturated carbocycles. The van der Waals surface area contributed by atoms with Crippen molar-refractivity contribution >= 4 is 11.6 Å². The summed E-state index contributed by atoms with van der Waals surface area (Å²) in [4.78, 5) is 0. The van der Waals surface area contributed by atoms with Gasteiger partial charge in [-0.25, -0.2) is 0 Å². The number of halogens is 1. The fourth-order valence-corrected chi connectivity index (χ4v) is 2.18. The molecule has 0 amide bonds. The molecule has 2 aromatic rings. The van der Waals surface area contributed by atoms with Gasteiger partial charge in [0.2, 0.25) is 0 Å². The second-order valence-corrected chi connectivity index (χ2v) is 5.52. The molecule has 1 aromatic heterocycles. The smallest absolute Gasteiger partial charge is 0.134 e. The van der Waals surface area contributed by atoms with Gasteiger partial charge in [-0.3, -0.25) is 4.68 Å². The summed E-state index contributed by atoms with van der Waals surface area (Å²) >= 11 is 6.06. The van der Waals surface area contributed by atoms with Gasteiger partial charge in [-0.15, -0.1) is 5.10 Å². The molecule has 1 fully saturated rings. The van der Waals surface area contributed by atoms with E-state index in [9.17, 15) is 0 Å². The van der Waals surface area contributed by atoms with Gasteiger partial charge in [-0.05, 0) is 31.0 Å². The van der Waals surface area contributed by atoms with E-state index in [-0.39, 0.29) is 0 Å². The third-order valence-electron chi connectivity index (χ3n) is 3.21. The molecule has 20 heavy (non-hydrogen) atoms. The lowest BCUT2D eigenvalue weighted by atomic mass is 10.2. The SMILES string of the molecule is Cn1cc(COc2ccc(Cl)cc2CNC2CC2)nn1. The van der Waals surface area contributed by atoms with E-state index in [4.69, 9.17) is 16.3 Å². The zero-order chi connectivity index (χ0) is 13.9. The van der Waals surface area contributed by atoms with Gasteiger partial charge in [0.1, 0.15) is 18.1 Å². The molecule has 1 heterocycles. The first-order chi connectivity index (χ1) is 9.70. The van der Waals surface area contributed by atoms with Crippen LogP contribution in [0, 0.1) is 0 Å². The molecule has 0 unspecified atom stereocenters. The van der Waals surface area contributed by atoms with Gasteiger partial charge in [0.05, 0.1) is 6.20 Å². The van der Waals surface area contributed by atoms with E-state index in [1.54, 1.807) is 4.68 Å². The Kier molecular flexibility index (Phi) is 3.89. The van der Waals surface area contributed by atoms with Crippen molar-refractivity contribution in [1.29, 1.82) is 0 Å². The first-order valence-corrected chi connectivity index (χ1v) is 7.08. The Labute approximate surface area is 122 Å². The topological polar surface area (TPSA) is 52.0 Å². The summed E-state index contributed by atoms with van der Waals surface area (Å²) in [6.45, 7) is 1.19. The van der Waals surface area contributed by atoms with Crippen molar-refractivity contribution in [1.82, 2.24) is 20.3 Å². The van der Waals surface area contributed by atoms with Crippen LogP contribution in [-0.4, -0.2) is 21.0 Å². The van der Waals surface area contributed by atoms with Crippen molar-refractivity contribution in [3.05, 3.63) is 40.7 Å². The molecular formula is C14H17ClN4O. The van der Waals surface area contributed by atoms with E-state index in [1.165, 1.54) is 12.8 Å². The minimum atomic E-state index is 0.409. The average Bonchev–Trinajstić information content (AvgIpc) is 3.17. The van der Waals surface area contributed by atoms with E-state index in [2.05, 4.69) is 15.6 Å².